The Hall–Kier alpha value is -1.67. The largest absolute Gasteiger partial charge is 0.462 e. The molecule has 3 aliphatic rings. The van der Waals surface area contributed by atoms with Gasteiger partial charge in [-0.25, -0.2) is 9.59 Å². The second-order valence-corrected chi connectivity index (χ2v) is 9.18. The highest BCUT2D eigenvalue weighted by Gasteiger charge is 2.74. The number of likely N-dealkylation sites (N-methyl/N-ethyl adjacent to an activating group) is 1. The fraction of sp³-hybridized carbons (Fsp3) is 0.833. The van der Waals surface area contributed by atoms with Gasteiger partial charge in [-0.3, -0.25) is 4.79 Å². The molecule has 3 fully saturated rings. The van der Waals surface area contributed by atoms with Gasteiger partial charge >= 0.3 is 11.9 Å². The Morgan fingerprint density at radius 1 is 1.23 bits per heavy atom. The normalized spacial score (nSPS) is 38.7. The number of carbonyl (C=O) groups excluding carboxylic acids is 3. The SMILES string of the molecule is CN1C(=O)[C@@]2(C(=O)O[C@H]3C(=O)OCC3(C)C)O[C@]1(C)C[C@H]2OC(C)(C)C. The van der Waals surface area contributed by atoms with E-state index in [4.69, 9.17) is 18.9 Å². The lowest BCUT2D eigenvalue weighted by atomic mass is 9.87. The van der Waals surface area contributed by atoms with E-state index < -0.39 is 52.4 Å². The van der Waals surface area contributed by atoms with E-state index in [1.807, 2.05) is 20.8 Å². The number of cyclic esters (lactones) is 1. The fourth-order valence-corrected chi connectivity index (χ4v) is 3.73. The summed E-state index contributed by atoms with van der Waals surface area (Å²) in [5.74, 6) is -2.04. The molecule has 4 atom stereocenters. The number of nitrogens with zero attached hydrogens (tertiary/aromatic N) is 1. The van der Waals surface area contributed by atoms with Crippen molar-refractivity contribution in [2.24, 2.45) is 5.41 Å². The Morgan fingerprint density at radius 2 is 1.85 bits per heavy atom. The molecule has 3 heterocycles. The first-order valence-corrected chi connectivity index (χ1v) is 8.77. The van der Waals surface area contributed by atoms with E-state index in [9.17, 15) is 14.4 Å². The quantitative estimate of drug-likeness (QED) is 0.542. The van der Waals surface area contributed by atoms with Crippen LogP contribution in [0.4, 0.5) is 0 Å². The molecule has 3 aliphatic heterocycles. The van der Waals surface area contributed by atoms with Crippen molar-refractivity contribution < 1.29 is 33.3 Å². The summed E-state index contributed by atoms with van der Waals surface area (Å²) >= 11 is 0. The number of hydrogen-bond donors (Lipinski definition) is 0. The maximum atomic E-state index is 13.1. The van der Waals surface area contributed by atoms with E-state index in [-0.39, 0.29) is 6.61 Å². The molecule has 1 amide bonds. The summed E-state index contributed by atoms with van der Waals surface area (Å²) < 4.78 is 22.4. The van der Waals surface area contributed by atoms with Crippen LogP contribution in [0.2, 0.25) is 0 Å². The van der Waals surface area contributed by atoms with Crippen LogP contribution >= 0.6 is 0 Å². The molecule has 2 bridgehead atoms. The van der Waals surface area contributed by atoms with Crippen LogP contribution in [0.25, 0.3) is 0 Å². The van der Waals surface area contributed by atoms with E-state index in [2.05, 4.69) is 0 Å². The van der Waals surface area contributed by atoms with Crippen molar-refractivity contribution in [2.75, 3.05) is 13.7 Å². The number of esters is 2. The lowest BCUT2D eigenvalue weighted by molar-refractivity contribution is -0.196. The van der Waals surface area contributed by atoms with Crippen molar-refractivity contribution in [2.45, 2.75) is 77.1 Å². The Morgan fingerprint density at radius 3 is 2.31 bits per heavy atom. The number of hydrogen-bond acceptors (Lipinski definition) is 7. The molecule has 3 rings (SSSR count). The molecule has 0 aromatic heterocycles. The summed E-state index contributed by atoms with van der Waals surface area (Å²) in [5, 5.41) is 0. The number of ether oxygens (including phenoxy) is 4. The number of likely N-dealkylation sites (tertiary alicyclic amines) is 1. The zero-order valence-electron chi connectivity index (χ0n) is 16.4. The third-order valence-electron chi connectivity index (χ3n) is 5.26. The summed E-state index contributed by atoms with van der Waals surface area (Å²) in [6.07, 6.45) is -1.56. The fourth-order valence-electron chi connectivity index (χ4n) is 3.73. The van der Waals surface area contributed by atoms with Crippen molar-refractivity contribution in [3.63, 3.8) is 0 Å². The lowest BCUT2D eigenvalue weighted by Crippen LogP contribution is -2.61. The highest BCUT2D eigenvalue weighted by atomic mass is 16.7. The highest BCUT2D eigenvalue weighted by Crippen LogP contribution is 2.51. The van der Waals surface area contributed by atoms with E-state index in [0.29, 0.717) is 6.42 Å². The van der Waals surface area contributed by atoms with E-state index in [1.54, 1.807) is 27.8 Å². The molecule has 0 N–H and O–H groups in total. The topological polar surface area (TPSA) is 91.4 Å². The van der Waals surface area contributed by atoms with Crippen molar-refractivity contribution in [3.05, 3.63) is 0 Å². The van der Waals surface area contributed by atoms with Crippen molar-refractivity contribution in [3.8, 4) is 0 Å². The van der Waals surface area contributed by atoms with Crippen LogP contribution in [0.15, 0.2) is 0 Å². The van der Waals surface area contributed by atoms with Gasteiger partial charge < -0.3 is 23.8 Å². The van der Waals surface area contributed by atoms with Gasteiger partial charge in [-0.1, -0.05) is 13.8 Å². The number of rotatable bonds is 3. The summed E-state index contributed by atoms with van der Waals surface area (Å²) in [6.45, 7) is 10.9. The van der Waals surface area contributed by atoms with E-state index >= 15 is 0 Å². The summed E-state index contributed by atoms with van der Waals surface area (Å²) in [6, 6.07) is 0. The predicted octanol–water partition coefficient (Wildman–Crippen LogP) is 1.01. The van der Waals surface area contributed by atoms with Gasteiger partial charge in [-0.05, 0) is 27.7 Å². The minimum Gasteiger partial charge on any atom is -0.462 e. The minimum atomic E-state index is -1.91. The van der Waals surface area contributed by atoms with Crippen LogP contribution in [-0.4, -0.2) is 65.5 Å². The molecule has 0 radical (unpaired) electrons. The first-order valence-electron chi connectivity index (χ1n) is 8.77. The monoisotopic (exact) mass is 369 g/mol. The van der Waals surface area contributed by atoms with Crippen molar-refractivity contribution in [1.82, 2.24) is 4.90 Å². The Kier molecular flexibility index (Phi) is 3.98. The third-order valence-corrected chi connectivity index (χ3v) is 5.26. The van der Waals surface area contributed by atoms with Gasteiger partial charge in [0.25, 0.3) is 11.5 Å². The Balaban J connectivity index is 1.94. The van der Waals surface area contributed by atoms with Crippen molar-refractivity contribution in [1.29, 1.82) is 0 Å². The molecule has 146 valence electrons. The summed E-state index contributed by atoms with van der Waals surface area (Å²) in [7, 11) is 1.58. The maximum Gasteiger partial charge on any atom is 0.352 e. The van der Waals surface area contributed by atoms with E-state index in [1.165, 1.54) is 4.90 Å². The molecule has 3 saturated heterocycles. The summed E-state index contributed by atoms with van der Waals surface area (Å²) in [5.41, 5.74) is -4.14. The van der Waals surface area contributed by atoms with Gasteiger partial charge in [-0.2, -0.15) is 0 Å². The molecular weight excluding hydrogens is 342 g/mol. The van der Waals surface area contributed by atoms with Gasteiger partial charge in [0.05, 0.1) is 5.60 Å². The van der Waals surface area contributed by atoms with Gasteiger partial charge in [0.1, 0.15) is 18.4 Å². The zero-order chi connectivity index (χ0) is 19.7. The molecule has 0 unspecified atom stereocenters. The van der Waals surface area contributed by atoms with Crippen LogP contribution in [0.5, 0.6) is 0 Å². The van der Waals surface area contributed by atoms with Crippen LogP contribution in [-0.2, 0) is 33.3 Å². The standard InChI is InChI=1S/C18H27NO7/c1-15(2,3)25-10-8-17(6)19(7)13(21)18(10,26-17)14(22)24-11-12(20)23-9-16(11,4)5/h10-11H,8-9H2,1-7H3/t10-,11+,17-,18+/m1/s1. The third kappa shape index (κ3) is 2.62. The Bertz CT molecular complexity index is 667. The van der Waals surface area contributed by atoms with E-state index in [0.717, 1.165) is 0 Å². The van der Waals surface area contributed by atoms with Gasteiger partial charge in [-0.15, -0.1) is 0 Å². The predicted molar refractivity (Wildman–Crippen MR) is 88.9 cm³/mol. The first-order chi connectivity index (χ1) is 11.7. The Labute approximate surface area is 153 Å². The molecular formula is C18H27NO7. The second kappa shape index (κ2) is 5.42. The van der Waals surface area contributed by atoms with Crippen LogP contribution in [0.3, 0.4) is 0 Å². The maximum absolute atomic E-state index is 13.1. The lowest BCUT2D eigenvalue weighted by Gasteiger charge is -2.38. The first kappa shape index (κ1) is 19.1. The molecule has 0 spiro atoms. The average molecular weight is 369 g/mol. The number of piperidine rings is 1. The van der Waals surface area contributed by atoms with Crippen LogP contribution < -0.4 is 0 Å². The van der Waals surface area contributed by atoms with Crippen molar-refractivity contribution >= 4 is 17.8 Å². The number of carbonyl (C=O) groups is 3. The second-order valence-electron chi connectivity index (χ2n) is 9.18. The van der Waals surface area contributed by atoms with Crippen LogP contribution in [0.1, 0.15) is 48.0 Å². The van der Waals surface area contributed by atoms with Gasteiger partial charge in [0.15, 0.2) is 0 Å². The molecule has 26 heavy (non-hydrogen) atoms. The van der Waals surface area contributed by atoms with Gasteiger partial charge in [0, 0.05) is 18.9 Å². The number of fused-ring (bicyclic) bond motifs is 2. The smallest absolute Gasteiger partial charge is 0.352 e. The molecule has 0 aromatic carbocycles. The number of amides is 1. The zero-order valence-corrected chi connectivity index (χ0v) is 16.4. The molecule has 0 aromatic rings. The minimum absolute atomic E-state index is 0.144. The van der Waals surface area contributed by atoms with Gasteiger partial charge in [0.2, 0.25) is 6.10 Å². The molecule has 8 heteroatoms. The highest BCUT2D eigenvalue weighted by molar-refractivity contribution is 6.10. The average Bonchev–Trinajstić information content (AvgIpc) is 3.00. The summed E-state index contributed by atoms with van der Waals surface area (Å²) in [4.78, 5) is 39.5. The molecule has 0 aliphatic carbocycles. The molecule has 0 saturated carbocycles. The molecule has 8 nitrogen and oxygen atoms in total. The van der Waals surface area contributed by atoms with Crippen LogP contribution in [0, 0.1) is 5.41 Å².